The average Bonchev–Trinajstić information content (AvgIpc) is 2.80. The molecule has 1 fully saturated rings. The van der Waals surface area contributed by atoms with Gasteiger partial charge in [-0.3, -0.25) is 9.78 Å². The van der Waals surface area contributed by atoms with Gasteiger partial charge in [0.2, 0.25) is 0 Å². The summed E-state index contributed by atoms with van der Waals surface area (Å²) < 4.78 is 6.32. The van der Waals surface area contributed by atoms with Crippen LogP contribution in [0.2, 0.25) is 0 Å². The molecule has 6 nitrogen and oxygen atoms in total. The number of piperidine rings is 1. The largest absolute Gasteiger partial charge is 0.368 e. The number of benzene rings is 1. The summed E-state index contributed by atoms with van der Waals surface area (Å²) in [5.41, 5.74) is 3.39. The molecular formula is C23H22N4O2. The van der Waals surface area contributed by atoms with Gasteiger partial charge < -0.3 is 9.64 Å². The predicted molar refractivity (Wildman–Crippen MR) is 108 cm³/mol. The zero-order valence-corrected chi connectivity index (χ0v) is 16.1. The van der Waals surface area contributed by atoms with Crippen molar-refractivity contribution >= 4 is 5.91 Å². The SMILES string of the molecule is O=C(c1ccncc1)N1CCC2(CC1)OCCc1cnc(-c3ccccc3)nc12. The number of rotatable bonds is 2. The second-order valence-corrected chi connectivity index (χ2v) is 7.55. The van der Waals surface area contributed by atoms with Crippen molar-refractivity contribution in [1.29, 1.82) is 0 Å². The fraction of sp³-hybridized carbons (Fsp3) is 0.304. The molecule has 0 unspecified atom stereocenters. The van der Waals surface area contributed by atoms with Gasteiger partial charge in [0.05, 0.1) is 12.3 Å². The molecule has 0 atom stereocenters. The van der Waals surface area contributed by atoms with Crippen molar-refractivity contribution in [1.82, 2.24) is 19.9 Å². The Morgan fingerprint density at radius 2 is 1.79 bits per heavy atom. The number of aromatic nitrogens is 3. The molecule has 2 aliphatic heterocycles. The van der Waals surface area contributed by atoms with E-state index in [-0.39, 0.29) is 5.91 Å². The van der Waals surface area contributed by atoms with E-state index < -0.39 is 5.60 Å². The van der Waals surface area contributed by atoms with Gasteiger partial charge in [0.15, 0.2) is 5.82 Å². The minimum atomic E-state index is -0.435. The third kappa shape index (κ3) is 3.29. The lowest BCUT2D eigenvalue weighted by Gasteiger charge is -2.44. The van der Waals surface area contributed by atoms with Crippen LogP contribution >= 0.6 is 0 Å². The minimum Gasteiger partial charge on any atom is -0.368 e. The monoisotopic (exact) mass is 386 g/mol. The molecule has 3 aromatic rings. The maximum Gasteiger partial charge on any atom is 0.253 e. The van der Waals surface area contributed by atoms with E-state index in [0.717, 1.165) is 41.9 Å². The van der Waals surface area contributed by atoms with E-state index in [9.17, 15) is 4.79 Å². The molecule has 2 aromatic heterocycles. The molecular weight excluding hydrogens is 364 g/mol. The van der Waals surface area contributed by atoms with Crippen molar-refractivity contribution in [3.05, 3.63) is 77.9 Å². The lowest BCUT2D eigenvalue weighted by atomic mass is 9.83. The summed E-state index contributed by atoms with van der Waals surface area (Å²) in [7, 11) is 0. The number of hydrogen-bond donors (Lipinski definition) is 0. The Kier molecular flexibility index (Phi) is 4.56. The van der Waals surface area contributed by atoms with Crippen molar-refractivity contribution in [2.45, 2.75) is 24.9 Å². The van der Waals surface area contributed by atoms with Crippen LogP contribution < -0.4 is 0 Å². The molecule has 0 radical (unpaired) electrons. The van der Waals surface area contributed by atoms with Crippen LogP contribution in [-0.4, -0.2) is 45.5 Å². The summed E-state index contributed by atoms with van der Waals surface area (Å²) in [5, 5.41) is 0. The summed E-state index contributed by atoms with van der Waals surface area (Å²) in [6, 6.07) is 13.5. The number of ether oxygens (including phenoxy) is 1. The maximum absolute atomic E-state index is 12.8. The third-order valence-corrected chi connectivity index (χ3v) is 5.86. The Balaban J connectivity index is 1.41. The van der Waals surface area contributed by atoms with Gasteiger partial charge in [0.1, 0.15) is 5.60 Å². The van der Waals surface area contributed by atoms with Crippen LogP contribution in [0.3, 0.4) is 0 Å². The first-order chi connectivity index (χ1) is 14.3. The van der Waals surface area contributed by atoms with Crippen molar-refractivity contribution in [2.24, 2.45) is 0 Å². The van der Waals surface area contributed by atoms with E-state index in [4.69, 9.17) is 9.72 Å². The summed E-state index contributed by atoms with van der Waals surface area (Å²) in [6.07, 6.45) is 7.56. The van der Waals surface area contributed by atoms with Gasteiger partial charge in [-0.15, -0.1) is 0 Å². The highest BCUT2D eigenvalue weighted by molar-refractivity contribution is 5.94. The Bertz CT molecular complexity index is 1020. The fourth-order valence-corrected chi connectivity index (χ4v) is 4.26. The molecule has 6 heteroatoms. The Morgan fingerprint density at radius 1 is 1.03 bits per heavy atom. The molecule has 0 bridgehead atoms. The van der Waals surface area contributed by atoms with E-state index in [1.54, 1.807) is 24.5 Å². The first kappa shape index (κ1) is 17.9. The first-order valence-corrected chi connectivity index (χ1v) is 10.0. The van der Waals surface area contributed by atoms with Gasteiger partial charge in [-0.2, -0.15) is 0 Å². The number of likely N-dealkylation sites (tertiary alicyclic amines) is 1. The maximum atomic E-state index is 12.8. The summed E-state index contributed by atoms with van der Waals surface area (Å²) >= 11 is 0. The van der Waals surface area contributed by atoms with Crippen molar-refractivity contribution < 1.29 is 9.53 Å². The van der Waals surface area contributed by atoms with Crippen LogP contribution in [-0.2, 0) is 16.8 Å². The second-order valence-electron chi connectivity index (χ2n) is 7.55. The highest BCUT2D eigenvalue weighted by atomic mass is 16.5. The van der Waals surface area contributed by atoms with Crippen LogP contribution in [0.15, 0.2) is 61.1 Å². The third-order valence-electron chi connectivity index (χ3n) is 5.86. The zero-order chi connectivity index (χ0) is 19.7. The molecule has 2 aliphatic rings. The highest BCUT2D eigenvalue weighted by Crippen LogP contribution is 2.41. The van der Waals surface area contributed by atoms with Gasteiger partial charge in [-0.25, -0.2) is 9.97 Å². The van der Waals surface area contributed by atoms with Crippen molar-refractivity contribution in [3.63, 3.8) is 0 Å². The van der Waals surface area contributed by atoms with E-state index in [0.29, 0.717) is 25.3 Å². The van der Waals surface area contributed by atoms with E-state index in [1.807, 2.05) is 41.4 Å². The van der Waals surface area contributed by atoms with Crippen LogP contribution in [0.25, 0.3) is 11.4 Å². The zero-order valence-electron chi connectivity index (χ0n) is 16.1. The second kappa shape index (κ2) is 7.37. The number of nitrogens with zero attached hydrogens (tertiary/aromatic N) is 4. The average molecular weight is 386 g/mol. The number of carbonyl (C=O) groups excluding carboxylic acids is 1. The number of carbonyl (C=O) groups is 1. The predicted octanol–water partition coefficient (Wildman–Crippen LogP) is 3.24. The molecule has 1 spiro atoms. The van der Waals surface area contributed by atoms with E-state index in [1.165, 1.54) is 0 Å². The van der Waals surface area contributed by atoms with E-state index in [2.05, 4.69) is 9.97 Å². The summed E-state index contributed by atoms with van der Waals surface area (Å²) in [4.78, 5) is 28.2. The molecule has 1 aromatic carbocycles. The number of pyridine rings is 1. The summed E-state index contributed by atoms with van der Waals surface area (Å²) in [6.45, 7) is 1.95. The quantitative estimate of drug-likeness (QED) is 0.676. The Hall–Kier alpha value is -3.12. The molecule has 1 saturated heterocycles. The topological polar surface area (TPSA) is 68.2 Å². The molecule has 0 N–H and O–H groups in total. The van der Waals surface area contributed by atoms with Crippen LogP contribution in [0.1, 0.15) is 34.5 Å². The van der Waals surface area contributed by atoms with Crippen LogP contribution in [0.4, 0.5) is 0 Å². The molecule has 5 rings (SSSR count). The molecule has 0 saturated carbocycles. The minimum absolute atomic E-state index is 0.0472. The number of hydrogen-bond acceptors (Lipinski definition) is 5. The highest BCUT2D eigenvalue weighted by Gasteiger charge is 2.43. The Labute approximate surface area is 169 Å². The van der Waals surface area contributed by atoms with Crippen LogP contribution in [0.5, 0.6) is 0 Å². The molecule has 1 amide bonds. The van der Waals surface area contributed by atoms with Gasteiger partial charge in [-0.05, 0) is 37.0 Å². The fourth-order valence-electron chi connectivity index (χ4n) is 4.26. The number of fused-ring (bicyclic) bond motifs is 2. The Morgan fingerprint density at radius 3 is 2.55 bits per heavy atom. The number of amides is 1. The normalized spacial score (nSPS) is 17.7. The first-order valence-electron chi connectivity index (χ1n) is 10.0. The molecule has 4 heterocycles. The van der Waals surface area contributed by atoms with Gasteiger partial charge >= 0.3 is 0 Å². The van der Waals surface area contributed by atoms with Crippen LogP contribution in [0, 0.1) is 0 Å². The van der Waals surface area contributed by atoms with Crippen molar-refractivity contribution in [2.75, 3.05) is 19.7 Å². The van der Waals surface area contributed by atoms with Crippen molar-refractivity contribution in [3.8, 4) is 11.4 Å². The lowest BCUT2D eigenvalue weighted by molar-refractivity contribution is -0.0967. The summed E-state index contributed by atoms with van der Waals surface area (Å²) in [5.74, 6) is 0.774. The lowest BCUT2D eigenvalue weighted by Crippen LogP contribution is -2.49. The molecule has 29 heavy (non-hydrogen) atoms. The van der Waals surface area contributed by atoms with Gasteiger partial charge in [-0.1, -0.05) is 30.3 Å². The van der Waals surface area contributed by atoms with E-state index >= 15 is 0 Å². The molecule has 0 aliphatic carbocycles. The standard InChI is InChI=1S/C23H22N4O2/c28-22(18-6-11-24-12-7-18)27-13-9-23(10-14-27)20-19(8-15-29-23)16-25-21(26-20)17-4-2-1-3-5-17/h1-7,11-12,16H,8-10,13-15H2. The molecule has 146 valence electrons. The van der Waals surface area contributed by atoms with Gasteiger partial charge in [0.25, 0.3) is 5.91 Å². The smallest absolute Gasteiger partial charge is 0.253 e. The van der Waals surface area contributed by atoms with Gasteiger partial charge in [0, 0.05) is 42.8 Å².